The number of aromatic amines is 1. The minimum absolute atomic E-state index is 0.0174. The van der Waals surface area contributed by atoms with E-state index < -0.39 is 60.8 Å². The Morgan fingerprint density at radius 3 is 2.54 bits per heavy atom. The van der Waals surface area contributed by atoms with Gasteiger partial charge in [-0.2, -0.15) is 4.98 Å². The van der Waals surface area contributed by atoms with Crippen LogP contribution in [0.1, 0.15) is 26.3 Å². The minimum Gasteiger partial charge on any atom is -0.480 e. The molecule has 1 unspecified atom stereocenters. The van der Waals surface area contributed by atoms with Gasteiger partial charge in [-0.15, -0.1) is 0 Å². The monoisotopic (exact) mass is 543 g/mol. The summed E-state index contributed by atoms with van der Waals surface area (Å²) in [4.78, 5) is 72.6. The molecule has 3 rings (SSSR count). The Morgan fingerprint density at radius 1 is 1.21 bits per heavy atom. The highest BCUT2D eigenvalue weighted by Crippen LogP contribution is 2.11. The molecule has 0 spiro atoms. The molecule has 1 aromatic carbocycles. The molecule has 0 bridgehead atoms. The number of hydrogen-bond donors (Lipinski definition) is 4. The Bertz CT molecular complexity index is 1410. The van der Waals surface area contributed by atoms with Gasteiger partial charge in [0.2, 0.25) is 11.9 Å². The van der Waals surface area contributed by atoms with E-state index in [1.54, 1.807) is 45.0 Å². The minimum atomic E-state index is -1.33. The summed E-state index contributed by atoms with van der Waals surface area (Å²) in [6.07, 6.45) is 0.280. The zero-order valence-corrected chi connectivity index (χ0v) is 21.5. The molecular formula is C24H29N7O8. The number of nitrogens with zero attached hydrogens (tertiary/aromatic N) is 4. The quantitative estimate of drug-likeness (QED) is 0.258. The van der Waals surface area contributed by atoms with Crippen LogP contribution in [0.4, 0.5) is 10.7 Å². The molecule has 0 radical (unpaired) electrons. The van der Waals surface area contributed by atoms with Crippen LogP contribution in [0, 0.1) is 0 Å². The molecule has 1 atom stereocenters. The summed E-state index contributed by atoms with van der Waals surface area (Å²) >= 11 is 0. The van der Waals surface area contributed by atoms with Crippen LogP contribution >= 0.6 is 0 Å². The number of carbonyl (C=O) groups excluding carboxylic acids is 3. The van der Waals surface area contributed by atoms with E-state index in [1.807, 2.05) is 6.07 Å². The van der Waals surface area contributed by atoms with Gasteiger partial charge in [0.1, 0.15) is 31.3 Å². The molecule has 0 saturated heterocycles. The topological polar surface area (TPSA) is 212 Å². The van der Waals surface area contributed by atoms with Crippen LogP contribution < -0.4 is 16.6 Å². The zero-order chi connectivity index (χ0) is 28.7. The highest BCUT2D eigenvalue weighted by Gasteiger charge is 2.27. The maximum absolute atomic E-state index is 13.0. The number of ether oxygens (including phenoxy) is 2. The van der Waals surface area contributed by atoms with Crippen molar-refractivity contribution in [3.63, 3.8) is 0 Å². The number of carboxylic acids is 1. The average molecular weight is 544 g/mol. The van der Waals surface area contributed by atoms with Crippen molar-refractivity contribution in [3.8, 4) is 0 Å². The van der Waals surface area contributed by atoms with Crippen LogP contribution in [0.5, 0.6) is 0 Å². The first-order valence-corrected chi connectivity index (χ1v) is 11.7. The second-order valence-corrected chi connectivity index (χ2v) is 9.45. The van der Waals surface area contributed by atoms with Crippen molar-refractivity contribution in [3.05, 3.63) is 52.6 Å². The van der Waals surface area contributed by atoms with Gasteiger partial charge in [0, 0.05) is 6.54 Å². The SMILES string of the molecule is CC(C)(C)OC(=O)C(N)CN(CC(=O)O)C(=O)Cn1cnc2c(=O)[nH]c(NC(=O)OCc3ccccc3)nc21. The second kappa shape index (κ2) is 12.2. The molecule has 0 aliphatic heterocycles. The van der Waals surface area contributed by atoms with E-state index in [9.17, 15) is 29.1 Å². The van der Waals surface area contributed by atoms with Crippen molar-refractivity contribution in [2.75, 3.05) is 18.4 Å². The Labute approximate surface area is 221 Å². The van der Waals surface area contributed by atoms with Crippen LogP contribution in [0.2, 0.25) is 0 Å². The van der Waals surface area contributed by atoms with Gasteiger partial charge in [-0.1, -0.05) is 30.3 Å². The average Bonchev–Trinajstić information content (AvgIpc) is 3.24. The Balaban J connectivity index is 1.74. The van der Waals surface area contributed by atoms with Crippen LogP contribution in [-0.4, -0.2) is 78.2 Å². The fraction of sp³-hybridized carbons (Fsp3) is 0.375. The maximum Gasteiger partial charge on any atom is 0.414 e. The van der Waals surface area contributed by atoms with Crippen LogP contribution in [0.3, 0.4) is 0 Å². The molecule has 0 aliphatic carbocycles. The summed E-state index contributed by atoms with van der Waals surface area (Å²) < 4.78 is 11.5. The number of nitrogens with two attached hydrogens (primary N) is 1. The lowest BCUT2D eigenvalue weighted by molar-refractivity contribution is -0.158. The largest absolute Gasteiger partial charge is 0.480 e. The van der Waals surface area contributed by atoms with E-state index in [0.29, 0.717) is 0 Å². The molecular weight excluding hydrogens is 514 g/mol. The Kier molecular flexibility index (Phi) is 8.98. The van der Waals surface area contributed by atoms with Crippen molar-refractivity contribution in [2.45, 2.75) is 45.6 Å². The number of rotatable bonds is 10. The van der Waals surface area contributed by atoms with Gasteiger partial charge in [-0.3, -0.25) is 29.5 Å². The predicted octanol–water partition coefficient (Wildman–Crippen LogP) is 0.451. The number of carboxylic acid groups (broad SMARTS) is 1. The van der Waals surface area contributed by atoms with E-state index in [0.717, 1.165) is 16.8 Å². The highest BCUT2D eigenvalue weighted by molar-refractivity contribution is 5.85. The van der Waals surface area contributed by atoms with Crippen LogP contribution in [0.25, 0.3) is 11.2 Å². The number of nitrogens with one attached hydrogen (secondary N) is 2. The number of aliphatic carboxylic acids is 1. The molecule has 0 aliphatic rings. The fourth-order valence-corrected chi connectivity index (χ4v) is 3.34. The smallest absolute Gasteiger partial charge is 0.414 e. The van der Waals surface area contributed by atoms with Crippen LogP contribution in [-0.2, 0) is 37.0 Å². The van der Waals surface area contributed by atoms with Gasteiger partial charge in [-0.25, -0.2) is 9.78 Å². The number of hydrogen-bond acceptors (Lipinski definition) is 10. The molecule has 15 heteroatoms. The first-order chi connectivity index (χ1) is 18.3. The van der Waals surface area contributed by atoms with Gasteiger partial charge in [0.15, 0.2) is 11.2 Å². The summed E-state index contributed by atoms with van der Waals surface area (Å²) in [5, 5.41) is 11.6. The van der Waals surface area contributed by atoms with Crippen molar-refractivity contribution < 1.29 is 33.8 Å². The molecule has 15 nitrogen and oxygen atoms in total. The van der Waals surface area contributed by atoms with Gasteiger partial charge < -0.3 is 29.8 Å². The van der Waals surface area contributed by atoms with Crippen molar-refractivity contribution in [1.29, 1.82) is 0 Å². The molecule has 2 aromatic heterocycles. The summed E-state index contributed by atoms with van der Waals surface area (Å²) in [6.45, 7) is 3.25. The number of fused-ring (bicyclic) bond motifs is 1. The van der Waals surface area contributed by atoms with Crippen LogP contribution in [0.15, 0.2) is 41.5 Å². The number of esters is 1. The summed E-state index contributed by atoms with van der Waals surface area (Å²) in [5.74, 6) is -3.13. The Morgan fingerprint density at radius 2 is 1.90 bits per heavy atom. The molecule has 0 fully saturated rings. The molecule has 2 heterocycles. The normalized spacial score (nSPS) is 12.0. The number of aromatic nitrogens is 4. The zero-order valence-electron chi connectivity index (χ0n) is 21.5. The number of benzene rings is 1. The number of amides is 2. The summed E-state index contributed by atoms with van der Waals surface area (Å²) in [6, 6.07) is 7.62. The highest BCUT2D eigenvalue weighted by atomic mass is 16.6. The molecule has 2 amide bonds. The van der Waals surface area contributed by atoms with E-state index >= 15 is 0 Å². The third kappa shape index (κ3) is 8.36. The number of carbonyl (C=O) groups is 4. The van der Waals surface area contributed by atoms with E-state index in [-0.39, 0.29) is 23.7 Å². The van der Waals surface area contributed by atoms with Gasteiger partial charge in [-0.05, 0) is 26.3 Å². The second-order valence-electron chi connectivity index (χ2n) is 9.45. The van der Waals surface area contributed by atoms with E-state index in [2.05, 4.69) is 20.3 Å². The lowest BCUT2D eigenvalue weighted by Crippen LogP contribution is -2.49. The van der Waals surface area contributed by atoms with Crippen molar-refractivity contribution in [1.82, 2.24) is 24.4 Å². The van der Waals surface area contributed by atoms with E-state index in [4.69, 9.17) is 15.2 Å². The molecule has 39 heavy (non-hydrogen) atoms. The lowest BCUT2D eigenvalue weighted by atomic mass is 10.2. The van der Waals surface area contributed by atoms with Gasteiger partial charge in [0.05, 0.1) is 6.33 Å². The molecule has 5 N–H and O–H groups in total. The molecule has 208 valence electrons. The summed E-state index contributed by atoms with van der Waals surface area (Å²) in [5.41, 5.74) is 4.90. The lowest BCUT2D eigenvalue weighted by Gasteiger charge is -2.26. The third-order valence-corrected chi connectivity index (χ3v) is 5.02. The first-order valence-electron chi connectivity index (χ1n) is 11.7. The van der Waals surface area contributed by atoms with Gasteiger partial charge in [0.25, 0.3) is 5.56 Å². The fourth-order valence-electron chi connectivity index (χ4n) is 3.34. The molecule has 3 aromatic rings. The first kappa shape index (κ1) is 28.8. The third-order valence-electron chi connectivity index (χ3n) is 5.02. The maximum atomic E-state index is 13.0. The van der Waals surface area contributed by atoms with E-state index in [1.165, 1.54) is 4.57 Å². The van der Waals surface area contributed by atoms with Gasteiger partial charge >= 0.3 is 18.0 Å². The number of imidazole rings is 1. The Hall–Kier alpha value is -4.79. The summed E-state index contributed by atoms with van der Waals surface area (Å²) in [7, 11) is 0. The molecule has 0 saturated carbocycles. The number of anilines is 1. The van der Waals surface area contributed by atoms with Crippen molar-refractivity contribution >= 4 is 41.1 Å². The predicted molar refractivity (Wildman–Crippen MR) is 136 cm³/mol. The van der Waals surface area contributed by atoms with Crippen molar-refractivity contribution in [2.24, 2.45) is 5.73 Å². The standard InChI is InChI=1S/C24H29N7O8/c1-24(2,3)39-21(36)15(25)9-30(11-17(33)34)16(32)10-31-13-26-18-19(31)27-22(28-20(18)35)29-23(37)38-12-14-7-5-4-6-8-14/h4-8,13,15H,9-12,25H2,1-3H3,(H,33,34)(H2,27,28,29,35,37). The number of H-pyrrole nitrogens is 1.